The first-order chi connectivity index (χ1) is 15.8. The van der Waals surface area contributed by atoms with Crippen molar-refractivity contribution in [2.24, 2.45) is 5.92 Å². The largest absolute Gasteiger partial charge is 0.478 e. The lowest BCUT2D eigenvalue weighted by molar-refractivity contribution is 0.0697. The average molecular weight is 449 g/mol. The third-order valence-corrected chi connectivity index (χ3v) is 5.67. The summed E-state index contributed by atoms with van der Waals surface area (Å²) in [6, 6.07) is 14.0. The lowest BCUT2D eigenvalue weighted by atomic mass is 9.98. The van der Waals surface area contributed by atoms with Gasteiger partial charge in [-0.2, -0.15) is 0 Å². The van der Waals surface area contributed by atoms with E-state index >= 15 is 0 Å². The summed E-state index contributed by atoms with van der Waals surface area (Å²) in [6.07, 6.45) is 1.99. The molecule has 7 nitrogen and oxygen atoms in total. The molecule has 0 radical (unpaired) electrons. The number of carboxylic acid groups (broad SMARTS) is 1. The van der Waals surface area contributed by atoms with E-state index in [1.165, 1.54) is 4.57 Å². The highest BCUT2D eigenvalue weighted by atomic mass is 16.4. The molecule has 3 rings (SSSR count). The van der Waals surface area contributed by atoms with Crippen molar-refractivity contribution in [1.82, 2.24) is 9.13 Å². The van der Waals surface area contributed by atoms with Gasteiger partial charge in [0.15, 0.2) is 6.29 Å². The van der Waals surface area contributed by atoms with Crippen molar-refractivity contribution in [2.75, 3.05) is 0 Å². The molecule has 0 spiro atoms. The SMILES string of the molecule is CCC(=O)n1c(C=O)c(CCC(C)C)n(Cc2ccc(-c3ccccc3C(=O)O)cc2)c1=O. The van der Waals surface area contributed by atoms with Crippen LogP contribution in [0.5, 0.6) is 0 Å². The van der Waals surface area contributed by atoms with Crippen molar-refractivity contribution < 1.29 is 19.5 Å². The van der Waals surface area contributed by atoms with Gasteiger partial charge >= 0.3 is 11.7 Å². The summed E-state index contributed by atoms with van der Waals surface area (Å²) in [4.78, 5) is 48.9. The molecule has 7 heteroatoms. The summed E-state index contributed by atoms with van der Waals surface area (Å²) in [7, 11) is 0. The highest BCUT2D eigenvalue weighted by molar-refractivity contribution is 5.96. The molecule has 0 atom stereocenters. The van der Waals surface area contributed by atoms with Crippen molar-refractivity contribution in [3.05, 3.63) is 81.5 Å². The molecule has 0 saturated heterocycles. The Bertz CT molecular complexity index is 1230. The number of rotatable bonds is 9. The summed E-state index contributed by atoms with van der Waals surface area (Å²) in [6.45, 7) is 5.98. The van der Waals surface area contributed by atoms with E-state index in [9.17, 15) is 24.3 Å². The summed E-state index contributed by atoms with van der Waals surface area (Å²) in [5.74, 6) is -1.04. The maximum atomic E-state index is 13.1. The second kappa shape index (κ2) is 10.3. The van der Waals surface area contributed by atoms with Crippen LogP contribution in [0.3, 0.4) is 0 Å². The zero-order valence-corrected chi connectivity index (χ0v) is 19.1. The van der Waals surface area contributed by atoms with Gasteiger partial charge in [0.2, 0.25) is 5.91 Å². The van der Waals surface area contributed by atoms with Crippen LogP contribution in [-0.2, 0) is 13.0 Å². The molecule has 0 aliphatic carbocycles. The third-order valence-electron chi connectivity index (χ3n) is 5.67. The maximum absolute atomic E-state index is 13.1. The second-order valence-electron chi connectivity index (χ2n) is 8.38. The second-order valence-corrected chi connectivity index (χ2v) is 8.38. The Morgan fingerprint density at radius 2 is 1.73 bits per heavy atom. The van der Waals surface area contributed by atoms with E-state index < -0.39 is 17.6 Å². The normalized spacial score (nSPS) is 11.0. The van der Waals surface area contributed by atoms with E-state index in [0.29, 0.717) is 29.9 Å². The van der Waals surface area contributed by atoms with Crippen LogP contribution in [0.15, 0.2) is 53.3 Å². The Balaban J connectivity index is 2.01. The molecule has 0 aliphatic heterocycles. The van der Waals surface area contributed by atoms with Crippen molar-refractivity contribution in [1.29, 1.82) is 0 Å². The van der Waals surface area contributed by atoms with E-state index in [1.54, 1.807) is 31.2 Å². The fraction of sp³-hybridized carbons (Fsp3) is 0.308. The molecule has 1 aromatic heterocycles. The van der Waals surface area contributed by atoms with Gasteiger partial charge in [0.05, 0.1) is 17.8 Å². The quantitative estimate of drug-likeness (QED) is 0.486. The lowest BCUT2D eigenvalue weighted by Gasteiger charge is -2.11. The maximum Gasteiger partial charge on any atom is 0.336 e. The van der Waals surface area contributed by atoms with Crippen LogP contribution in [-0.4, -0.2) is 32.4 Å². The highest BCUT2D eigenvalue weighted by Gasteiger charge is 2.23. The van der Waals surface area contributed by atoms with Gasteiger partial charge in [0.25, 0.3) is 0 Å². The Labute approximate surface area is 192 Å². The smallest absolute Gasteiger partial charge is 0.336 e. The lowest BCUT2D eigenvalue weighted by Crippen LogP contribution is -2.30. The van der Waals surface area contributed by atoms with E-state index in [-0.39, 0.29) is 24.2 Å². The molecule has 1 N–H and O–H groups in total. The van der Waals surface area contributed by atoms with Crippen molar-refractivity contribution in [3.8, 4) is 11.1 Å². The Kier molecular flexibility index (Phi) is 7.43. The number of aldehydes is 1. The molecular formula is C26H28N2O5. The molecular weight excluding hydrogens is 420 g/mol. The fourth-order valence-corrected chi connectivity index (χ4v) is 3.87. The number of carboxylic acids is 1. The number of carbonyl (C=O) groups is 3. The van der Waals surface area contributed by atoms with Gasteiger partial charge in [-0.15, -0.1) is 0 Å². The molecule has 0 bridgehead atoms. The molecule has 0 saturated carbocycles. The van der Waals surface area contributed by atoms with Crippen LogP contribution in [0.1, 0.15) is 70.5 Å². The minimum Gasteiger partial charge on any atom is -0.478 e. The zero-order chi connectivity index (χ0) is 24.1. The molecule has 1 heterocycles. The zero-order valence-electron chi connectivity index (χ0n) is 19.1. The van der Waals surface area contributed by atoms with Crippen LogP contribution in [0.4, 0.5) is 0 Å². The number of benzene rings is 2. The third kappa shape index (κ3) is 5.03. The molecule has 0 fully saturated rings. The van der Waals surface area contributed by atoms with E-state index in [2.05, 4.69) is 13.8 Å². The minimum atomic E-state index is -1.00. The van der Waals surface area contributed by atoms with Gasteiger partial charge in [0, 0.05) is 6.42 Å². The van der Waals surface area contributed by atoms with Gasteiger partial charge in [-0.25, -0.2) is 14.2 Å². The molecule has 172 valence electrons. The molecule has 0 aliphatic rings. The van der Waals surface area contributed by atoms with Crippen molar-refractivity contribution >= 4 is 18.2 Å². The first kappa shape index (κ1) is 23.9. The summed E-state index contributed by atoms with van der Waals surface area (Å²) in [5.41, 5.74) is 2.54. The molecule has 33 heavy (non-hydrogen) atoms. The van der Waals surface area contributed by atoms with Gasteiger partial charge in [-0.05, 0) is 41.5 Å². The average Bonchev–Trinajstić information content (AvgIpc) is 3.08. The van der Waals surface area contributed by atoms with E-state index in [0.717, 1.165) is 22.1 Å². The fourth-order valence-electron chi connectivity index (χ4n) is 3.87. The van der Waals surface area contributed by atoms with Crippen molar-refractivity contribution in [2.45, 2.75) is 46.6 Å². The van der Waals surface area contributed by atoms with Crippen LogP contribution in [0.2, 0.25) is 0 Å². The summed E-state index contributed by atoms with van der Waals surface area (Å²) >= 11 is 0. The number of aromatic nitrogens is 2. The summed E-state index contributed by atoms with van der Waals surface area (Å²) < 4.78 is 2.49. The highest BCUT2D eigenvalue weighted by Crippen LogP contribution is 2.24. The predicted octanol–water partition coefficient (Wildman–Crippen LogP) is 4.51. The standard InChI is InChI=1S/C26H28N2O5/c1-4-24(30)28-23(16-29)22(14-9-17(2)3)27(26(28)33)15-18-10-12-19(13-11-18)20-7-5-6-8-21(20)25(31)32/h5-8,10-13,16-17H,4,9,14-15H2,1-3H3,(H,31,32). The van der Waals surface area contributed by atoms with Gasteiger partial charge < -0.3 is 5.11 Å². The van der Waals surface area contributed by atoms with E-state index in [1.807, 2.05) is 24.3 Å². The first-order valence-electron chi connectivity index (χ1n) is 11.0. The number of hydrogen-bond acceptors (Lipinski definition) is 4. The Morgan fingerprint density at radius 1 is 1.06 bits per heavy atom. The van der Waals surface area contributed by atoms with Gasteiger partial charge in [-0.3, -0.25) is 14.2 Å². The van der Waals surface area contributed by atoms with Gasteiger partial charge in [0.1, 0.15) is 5.69 Å². The van der Waals surface area contributed by atoms with Crippen LogP contribution < -0.4 is 5.69 Å². The van der Waals surface area contributed by atoms with Crippen LogP contribution in [0.25, 0.3) is 11.1 Å². The van der Waals surface area contributed by atoms with E-state index in [4.69, 9.17) is 0 Å². The molecule has 0 amide bonds. The first-order valence-corrected chi connectivity index (χ1v) is 11.0. The topological polar surface area (TPSA) is 98.4 Å². The molecule has 3 aromatic rings. The number of carbonyl (C=O) groups excluding carboxylic acids is 2. The number of hydrogen-bond donors (Lipinski definition) is 1. The Morgan fingerprint density at radius 3 is 2.30 bits per heavy atom. The number of aromatic carboxylic acids is 1. The summed E-state index contributed by atoms with van der Waals surface area (Å²) in [5, 5.41) is 9.45. The monoisotopic (exact) mass is 448 g/mol. The number of imidazole rings is 1. The van der Waals surface area contributed by atoms with Crippen LogP contribution >= 0.6 is 0 Å². The molecule has 0 unspecified atom stereocenters. The minimum absolute atomic E-state index is 0.117. The predicted molar refractivity (Wildman–Crippen MR) is 126 cm³/mol. The molecule has 2 aromatic carbocycles. The van der Waals surface area contributed by atoms with Crippen LogP contribution in [0, 0.1) is 5.92 Å². The van der Waals surface area contributed by atoms with Gasteiger partial charge in [-0.1, -0.05) is 63.2 Å². The Hall–Kier alpha value is -3.74. The number of nitrogens with zero attached hydrogens (tertiary/aromatic N) is 2. The van der Waals surface area contributed by atoms with Crippen molar-refractivity contribution in [3.63, 3.8) is 0 Å².